The average Bonchev–Trinajstić information content (AvgIpc) is 3.17. The molecule has 0 aliphatic carbocycles. The van der Waals surface area contributed by atoms with E-state index in [1.807, 2.05) is 47.1 Å². The van der Waals surface area contributed by atoms with Crippen molar-refractivity contribution in [2.75, 3.05) is 18.8 Å². The maximum atomic E-state index is 6.20. The molecule has 1 aliphatic rings. The molecule has 4 heterocycles. The Morgan fingerprint density at radius 3 is 2.67 bits per heavy atom. The number of halogens is 1. The summed E-state index contributed by atoms with van der Waals surface area (Å²) < 4.78 is 7.76. The molecule has 4 aromatic rings. The van der Waals surface area contributed by atoms with Crippen LogP contribution < -0.4 is 15.8 Å². The maximum absolute atomic E-state index is 6.20. The lowest BCUT2D eigenvalue weighted by Gasteiger charge is -2.23. The van der Waals surface area contributed by atoms with Gasteiger partial charge in [-0.2, -0.15) is 5.10 Å². The van der Waals surface area contributed by atoms with Gasteiger partial charge in [0.05, 0.1) is 11.4 Å². The van der Waals surface area contributed by atoms with Crippen LogP contribution in [0.25, 0.3) is 22.3 Å². The van der Waals surface area contributed by atoms with Crippen LogP contribution in [0.5, 0.6) is 11.6 Å². The summed E-state index contributed by atoms with van der Waals surface area (Å²) in [6.07, 6.45) is 5.39. The zero-order valence-electron chi connectivity index (χ0n) is 16.2. The highest BCUT2D eigenvalue weighted by atomic mass is 35.5. The van der Waals surface area contributed by atoms with Crippen molar-refractivity contribution in [2.45, 2.75) is 18.9 Å². The summed E-state index contributed by atoms with van der Waals surface area (Å²) in [7, 11) is 0. The van der Waals surface area contributed by atoms with Crippen LogP contribution in [-0.2, 0) is 0 Å². The molecule has 1 saturated heterocycles. The number of hydrogen-bond acceptors (Lipinski definition) is 7. The summed E-state index contributed by atoms with van der Waals surface area (Å²) in [5.74, 6) is 1.68. The Bertz CT molecular complexity index is 1130. The average molecular weight is 424 g/mol. The summed E-state index contributed by atoms with van der Waals surface area (Å²) in [4.78, 5) is 13.1. The Morgan fingerprint density at radius 2 is 1.93 bits per heavy atom. The molecule has 154 valence electrons. The molecule has 1 aliphatic heterocycles. The lowest BCUT2D eigenvalue weighted by atomic mass is 10.1. The van der Waals surface area contributed by atoms with Gasteiger partial charge in [0.2, 0.25) is 5.88 Å². The fourth-order valence-electron chi connectivity index (χ4n) is 3.68. The smallest absolute Gasteiger partial charge is 0.219 e. The zero-order valence-corrected chi connectivity index (χ0v) is 17.0. The van der Waals surface area contributed by atoms with Crippen LogP contribution in [0.1, 0.15) is 18.9 Å². The van der Waals surface area contributed by atoms with E-state index in [4.69, 9.17) is 15.6 Å². The number of rotatable bonds is 4. The Labute approximate surface area is 179 Å². The van der Waals surface area contributed by atoms with Gasteiger partial charge < -0.3 is 15.8 Å². The van der Waals surface area contributed by atoms with Crippen LogP contribution in [0, 0.1) is 0 Å². The molecule has 1 atom stereocenters. The number of pyridine rings is 1. The quantitative estimate of drug-likeness (QED) is 0.516. The number of aromatic nitrogens is 5. The fraction of sp³-hybridized carbons (Fsp3) is 0.238. The number of piperidine rings is 1. The molecular weight excluding hydrogens is 402 g/mol. The molecule has 30 heavy (non-hydrogen) atoms. The Morgan fingerprint density at radius 1 is 1.07 bits per heavy atom. The van der Waals surface area contributed by atoms with Crippen molar-refractivity contribution in [3.8, 4) is 22.9 Å². The number of nitrogen functional groups attached to an aromatic ring is 1. The van der Waals surface area contributed by atoms with E-state index in [2.05, 4.69) is 20.3 Å². The second kappa shape index (κ2) is 8.64. The molecule has 1 unspecified atom stereocenters. The first-order valence-corrected chi connectivity index (χ1v) is 9.68. The van der Waals surface area contributed by atoms with Crippen LogP contribution in [0.4, 0.5) is 5.82 Å². The minimum Gasteiger partial charge on any atom is -0.439 e. The van der Waals surface area contributed by atoms with E-state index in [0.717, 1.165) is 54.0 Å². The molecule has 5 rings (SSSR count). The van der Waals surface area contributed by atoms with E-state index >= 15 is 0 Å². The number of para-hydroxylation sites is 1. The number of nitrogens with zero attached hydrogens (tertiary/aromatic N) is 5. The molecule has 1 aromatic carbocycles. The lowest BCUT2D eigenvalue weighted by Crippen LogP contribution is -2.32. The third kappa shape index (κ3) is 3.79. The van der Waals surface area contributed by atoms with Crippen LogP contribution in [0.3, 0.4) is 0 Å². The molecule has 9 heteroatoms. The minimum atomic E-state index is 0. The third-order valence-corrected chi connectivity index (χ3v) is 5.11. The number of benzene rings is 1. The third-order valence-electron chi connectivity index (χ3n) is 5.11. The summed E-state index contributed by atoms with van der Waals surface area (Å²) in [5.41, 5.74) is 8.54. The monoisotopic (exact) mass is 423 g/mol. The molecule has 3 N–H and O–H groups in total. The van der Waals surface area contributed by atoms with Gasteiger partial charge in [-0.15, -0.1) is 12.4 Å². The van der Waals surface area contributed by atoms with Crippen LogP contribution >= 0.6 is 12.4 Å². The second-order valence-electron chi connectivity index (χ2n) is 7.05. The normalized spacial score (nSPS) is 16.2. The highest BCUT2D eigenvalue weighted by Gasteiger charge is 2.23. The largest absolute Gasteiger partial charge is 0.439 e. The highest BCUT2D eigenvalue weighted by Crippen LogP contribution is 2.33. The Hall–Kier alpha value is -3.23. The van der Waals surface area contributed by atoms with E-state index in [-0.39, 0.29) is 18.4 Å². The number of nitrogens with one attached hydrogen (secondary N) is 1. The number of ether oxygens (including phenoxy) is 1. The van der Waals surface area contributed by atoms with Crippen molar-refractivity contribution >= 4 is 29.3 Å². The van der Waals surface area contributed by atoms with E-state index in [9.17, 15) is 0 Å². The van der Waals surface area contributed by atoms with E-state index in [0.29, 0.717) is 11.7 Å². The first-order chi connectivity index (χ1) is 14.3. The first-order valence-electron chi connectivity index (χ1n) is 9.68. The number of anilines is 1. The molecule has 3 aromatic heterocycles. The molecule has 0 spiro atoms. The van der Waals surface area contributed by atoms with Crippen LogP contribution in [-0.4, -0.2) is 37.8 Å². The molecule has 0 amide bonds. The van der Waals surface area contributed by atoms with Crippen molar-refractivity contribution < 1.29 is 4.74 Å². The lowest BCUT2D eigenvalue weighted by molar-refractivity contribution is 0.354. The summed E-state index contributed by atoms with van der Waals surface area (Å²) >= 11 is 0. The van der Waals surface area contributed by atoms with E-state index in [1.165, 1.54) is 6.33 Å². The predicted molar refractivity (Wildman–Crippen MR) is 118 cm³/mol. The zero-order chi connectivity index (χ0) is 19.6. The molecule has 0 bridgehead atoms. The van der Waals surface area contributed by atoms with Crippen molar-refractivity contribution in [3.05, 3.63) is 55.0 Å². The van der Waals surface area contributed by atoms with Gasteiger partial charge in [0, 0.05) is 24.4 Å². The minimum absolute atomic E-state index is 0. The highest BCUT2D eigenvalue weighted by molar-refractivity contribution is 5.98. The molecule has 1 fully saturated rings. The van der Waals surface area contributed by atoms with Crippen molar-refractivity contribution in [1.29, 1.82) is 0 Å². The topological polar surface area (TPSA) is 104 Å². The molecular formula is C21H22ClN7O. The summed E-state index contributed by atoms with van der Waals surface area (Å²) in [6, 6.07) is 13.6. The summed E-state index contributed by atoms with van der Waals surface area (Å²) in [6.45, 7) is 1.90. The predicted octanol–water partition coefficient (Wildman–Crippen LogP) is 3.61. The Balaban J connectivity index is 0.00000218. The number of fused-ring (bicyclic) bond motifs is 1. The van der Waals surface area contributed by atoms with Gasteiger partial charge in [-0.05, 0) is 37.6 Å². The number of hydrogen-bond donors (Lipinski definition) is 2. The molecule has 8 nitrogen and oxygen atoms in total. The van der Waals surface area contributed by atoms with Crippen molar-refractivity contribution in [1.82, 2.24) is 30.0 Å². The Kier molecular flexibility index (Phi) is 5.78. The standard InChI is InChI=1S/C21H21N7O.ClH/c22-20-18-19(14-8-9-17(24-11-14)29-16-6-2-1-3-7-16)27-28(21(18)26-13-25-20)15-5-4-10-23-12-15;/h1-3,6-9,11,13,15,23H,4-5,10,12H2,(H2,22,25,26);1H. The van der Waals surface area contributed by atoms with Gasteiger partial charge >= 0.3 is 0 Å². The number of nitrogens with two attached hydrogens (primary N) is 1. The van der Waals surface area contributed by atoms with E-state index < -0.39 is 0 Å². The SMILES string of the molecule is Cl.Nc1ncnc2c1c(-c1ccc(Oc3ccccc3)nc1)nn2C1CCCNC1. The van der Waals surface area contributed by atoms with Gasteiger partial charge in [0.1, 0.15) is 23.6 Å². The van der Waals surface area contributed by atoms with Gasteiger partial charge in [0.15, 0.2) is 5.65 Å². The second-order valence-corrected chi connectivity index (χ2v) is 7.05. The van der Waals surface area contributed by atoms with Crippen molar-refractivity contribution in [3.63, 3.8) is 0 Å². The fourth-order valence-corrected chi connectivity index (χ4v) is 3.68. The van der Waals surface area contributed by atoms with Crippen LogP contribution in [0.2, 0.25) is 0 Å². The van der Waals surface area contributed by atoms with Gasteiger partial charge in [-0.25, -0.2) is 19.6 Å². The molecule has 0 radical (unpaired) electrons. The van der Waals surface area contributed by atoms with Gasteiger partial charge in [-0.3, -0.25) is 0 Å². The van der Waals surface area contributed by atoms with Crippen LogP contribution in [0.15, 0.2) is 55.0 Å². The molecule has 0 saturated carbocycles. The van der Waals surface area contributed by atoms with Crippen molar-refractivity contribution in [2.24, 2.45) is 0 Å². The summed E-state index contributed by atoms with van der Waals surface area (Å²) in [5, 5.41) is 9.06. The maximum Gasteiger partial charge on any atom is 0.219 e. The first kappa shape index (κ1) is 20.1. The van der Waals surface area contributed by atoms with Gasteiger partial charge in [-0.1, -0.05) is 18.2 Å². The van der Waals surface area contributed by atoms with E-state index in [1.54, 1.807) is 6.20 Å². The van der Waals surface area contributed by atoms with Gasteiger partial charge in [0.25, 0.3) is 0 Å².